The molecule has 1 atom stereocenters. The molecule has 0 aromatic heterocycles. The van der Waals surface area contributed by atoms with Crippen LogP contribution in [-0.4, -0.2) is 18.2 Å². The second-order valence-corrected chi connectivity index (χ2v) is 4.64. The van der Waals surface area contributed by atoms with Crippen LogP contribution in [0.4, 0.5) is 0 Å². The van der Waals surface area contributed by atoms with Gasteiger partial charge in [-0.2, -0.15) is 0 Å². The molecule has 0 aliphatic rings. The van der Waals surface area contributed by atoms with Crippen molar-refractivity contribution >= 4 is 21.9 Å². The number of aliphatic carboxylic acids is 1. The largest absolute Gasteiger partial charge is 0.496 e. The summed E-state index contributed by atoms with van der Waals surface area (Å²) in [5, 5.41) is 8.54. The fourth-order valence-electron chi connectivity index (χ4n) is 1.55. The van der Waals surface area contributed by atoms with Gasteiger partial charge in [0, 0.05) is 12.5 Å². The van der Waals surface area contributed by atoms with E-state index < -0.39 is 5.97 Å². The predicted octanol–water partition coefficient (Wildman–Crippen LogP) is 2.71. The topological polar surface area (TPSA) is 72.5 Å². The molecule has 0 saturated heterocycles. The number of carbonyl (C=O) groups is 1. The molecule has 3 N–H and O–H groups in total. The lowest BCUT2D eigenvalue weighted by Crippen LogP contribution is -2.11. The Hall–Kier alpha value is -1.07. The lowest BCUT2D eigenvalue weighted by molar-refractivity contribution is -0.137. The second kappa shape index (κ2) is 6.61. The minimum atomic E-state index is -0.784. The van der Waals surface area contributed by atoms with Gasteiger partial charge in [-0.25, -0.2) is 0 Å². The summed E-state index contributed by atoms with van der Waals surface area (Å²) < 4.78 is 5.98. The number of rotatable bonds is 6. The van der Waals surface area contributed by atoms with Crippen LogP contribution >= 0.6 is 15.9 Å². The molecule has 5 heteroatoms. The Bertz CT molecular complexity index is 395. The Kier molecular flexibility index (Phi) is 5.44. The minimum Gasteiger partial charge on any atom is -0.496 e. The molecule has 0 aliphatic heterocycles. The van der Waals surface area contributed by atoms with Crippen molar-refractivity contribution in [2.75, 3.05) is 7.11 Å². The molecule has 0 heterocycles. The lowest BCUT2D eigenvalue weighted by atomic mass is 10.0. The predicted molar refractivity (Wildman–Crippen MR) is 69.1 cm³/mol. The Morgan fingerprint density at radius 1 is 1.59 bits per heavy atom. The fraction of sp³-hybridized carbons (Fsp3) is 0.417. The summed E-state index contributed by atoms with van der Waals surface area (Å²) in [4.78, 5) is 10.4. The van der Waals surface area contributed by atoms with Gasteiger partial charge >= 0.3 is 5.97 Å². The average Bonchev–Trinajstić information content (AvgIpc) is 2.28. The molecule has 1 unspecified atom stereocenters. The lowest BCUT2D eigenvalue weighted by Gasteiger charge is -2.13. The van der Waals surface area contributed by atoms with Gasteiger partial charge < -0.3 is 15.6 Å². The zero-order valence-electron chi connectivity index (χ0n) is 9.65. The molecule has 0 bridgehead atoms. The molecule has 0 saturated carbocycles. The highest BCUT2D eigenvalue weighted by Gasteiger charge is 2.09. The molecular formula is C12H16BrNO3. The Morgan fingerprint density at radius 3 is 2.82 bits per heavy atom. The number of benzene rings is 1. The van der Waals surface area contributed by atoms with Crippen LogP contribution in [0.3, 0.4) is 0 Å². The van der Waals surface area contributed by atoms with Crippen molar-refractivity contribution in [1.82, 2.24) is 0 Å². The highest BCUT2D eigenvalue weighted by atomic mass is 79.9. The van der Waals surface area contributed by atoms with E-state index >= 15 is 0 Å². The van der Waals surface area contributed by atoms with E-state index in [0.717, 1.165) is 15.8 Å². The number of hydrogen-bond acceptors (Lipinski definition) is 3. The van der Waals surface area contributed by atoms with E-state index in [4.69, 9.17) is 15.6 Å². The number of carboxylic acids is 1. The van der Waals surface area contributed by atoms with E-state index in [-0.39, 0.29) is 12.5 Å². The molecule has 1 aromatic rings. The summed E-state index contributed by atoms with van der Waals surface area (Å²) in [5.41, 5.74) is 6.96. The maximum atomic E-state index is 10.4. The van der Waals surface area contributed by atoms with Crippen molar-refractivity contribution in [3.05, 3.63) is 28.2 Å². The van der Waals surface area contributed by atoms with Crippen molar-refractivity contribution in [2.45, 2.75) is 25.3 Å². The SMILES string of the molecule is COc1ccc(C(N)CCCC(=O)O)cc1Br. The second-order valence-electron chi connectivity index (χ2n) is 3.79. The Balaban J connectivity index is 2.59. The minimum absolute atomic E-state index is 0.142. The number of methoxy groups -OCH3 is 1. The van der Waals surface area contributed by atoms with E-state index in [1.165, 1.54) is 0 Å². The fourth-order valence-corrected chi connectivity index (χ4v) is 2.11. The third-order valence-corrected chi connectivity index (χ3v) is 3.13. The van der Waals surface area contributed by atoms with Crippen molar-refractivity contribution in [1.29, 1.82) is 0 Å². The molecule has 0 aliphatic carbocycles. The van der Waals surface area contributed by atoms with E-state index in [0.29, 0.717) is 12.8 Å². The monoisotopic (exact) mass is 301 g/mol. The molecule has 0 fully saturated rings. The zero-order chi connectivity index (χ0) is 12.8. The van der Waals surface area contributed by atoms with Gasteiger partial charge in [0.1, 0.15) is 5.75 Å². The maximum absolute atomic E-state index is 10.4. The van der Waals surface area contributed by atoms with E-state index in [2.05, 4.69) is 15.9 Å². The third-order valence-electron chi connectivity index (χ3n) is 2.51. The number of nitrogens with two attached hydrogens (primary N) is 1. The number of ether oxygens (including phenoxy) is 1. The Morgan fingerprint density at radius 2 is 2.29 bits per heavy atom. The summed E-state index contributed by atoms with van der Waals surface area (Å²) in [6.07, 6.45) is 1.40. The number of carboxylic acid groups (broad SMARTS) is 1. The zero-order valence-corrected chi connectivity index (χ0v) is 11.2. The van der Waals surface area contributed by atoms with Gasteiger partial charge in [-0.1, -0.05) is 6.07 Å². The molecule has 0 radical (unpaired) electrons. The summed E-state index contributed by atoms with van der Waals surface area (Å²) >= 11 is 3.39. The van der Waals surface area contributed by atoms with Gasteiger partial charge in [-0.15, -0.1) is 0 Å². The van der Waals surface area contributed by atoms with Gasteiger partial charge in [0.2, 0.25) is 0 Å². The van der Waals surface area contributed by atoms with Crippen molar-refractivity contribution in [3.63, 3.8) is 0 Å². The molecule has 17 heavy (non-hydrogen) atoms. The first-order chi connectivity index (χ1) is 8.04. The summed E-state index contributed by atoms with van der Waals surface area (Å²) in [6, 6.07) is 5.51. The van der Waals surface area contributed by atoms with Crippen LogP contribution in [0.5, 0.6) is 5.75 Å². The molecule has 0 spiro atoms. The smallest absolute Gasteiger partial charge is 0.303 e. The maximum Gasteiger partial charge on any atom is 0.303 e. The quantitative estimate of drug-likeness (QED) is 0.847. The summed E-state index contributed by atoms with van der Waals surface area (Å²) in [7, 11) is 1.60. The van der Waals surface area contributed by atoms with Crippen LogP contribution in [-0.2, 0) is 4.79 Å². The third kappa shape index (κ3) is 4.36. The van der Waals surface area contributed by atoms with Gasteiger partial charge in [0.05, 0.1) is 11.6 Å². The molecule has 0 amide bonds. The highest BCUT2D eigenvalue weighted by molar-refractivity contribution is 9.10. The van der Waals surface area contributed by atoms with Crippen LogP contribution in [0.1, 0.15) is 30.9 Å². The molecular weight excluding hydrogens is 286 g/mol. The highest BCUT2D eigenvalue weighted by Crippen LogP contribution is 2.28. The first-order valence-electron chi connectivity index (χ1n) is 5.35. The molecule has 94 valence electrons. The first kappa shape index (κ1) is 14.0. The summed E-state index contributed by atoms with van der Waals surface area (Å²) in [6.45, 7) is 0. The molecule has 1 aromatic carbocycles. The first-order valence-corrected chi connectivity index (χ1v) is 6.14. The standard InChI is InChI=1S/C12H16BrNO3/c1-17-11-6-5-8(7-9(11)13)10(14)3-2-4-12(15)16/h5-7,10H,2-4,14H2,1H3,(H,15,16). The Labute approximate surface area is 109 Å². The van der Waals surface area contributed by atoms with Crippen molar-refractivity contribution in [2.24, 2.45) is 5.73 Å². The number of hydrogen-bond donors (Lipinski definition) is 2. The van der Waals surface area contributed by atoms with E-state index in [9.17, 15) is 4.79 Å². The van der Waals surface area contributed by atoms with Crippen LogP contribution in [0.15, 0.2) is 22.7 Å². The summed E-state index contributed by atoms with van der Waals surface area (Å²) in [5.74, 6) is -0.0282. The molecule has 1 rings (SSSR count). The van der Waals surface area contributed by atoms with E-state index in [1.54, 1.807) is 7.11 Å². The van der Waals surface area contributed by atoms with Crippen molar-refractivity contribution < 1.29 is 14.6 Å². The average molecular weight is 302 g/mol. The van der Waals surface area contributed by atoms with Crippen LogP contribution in [0.2, 0.25) is 0 Å². The molecule has 4 nitrogen and oxygen atoms in total. The van der Waals surface area contributed by atoms with Gasteiger partial charge in [-0.05, 0) is 46.5 Å². The van der Waals surface area contributed by atoms with Crippen LogP contribution in [0.25, 0.3) is 0 Å². The van der Waals surface area contributed by atoms with Crippen molar-refractivity contribution in [3.8, 4) is 5.75 Å². The number of halogens is 1. The van der Waals surface area contributed by atoms with Crippen LogP contribution in [0, 0.1) is 0 Å². The van der Waals surface area contributed by atoms with E-state index in [1.807, 2.05) is 18.2 Å². The van der Waals surface area contributed by atoms with Gasteiger partial charge in [0.15, 0.2) is 0 Å². The van der Waals surface area contributed by atoms with Crippen LogP contribution < -0.4 is 10.5 Å². The van der Waals surface area contributed by atoms with Gasteiger partial charge in [0.25, 0.3) is 0 Å². The normalized spacial score (nSPS) is 12.2. The van der Waals surface area contributed by atoms with Gasteiger partial charge in [-0.3, -0.25) is 4.79 Å².